The Morgan fingerprint density at radius 1 is 1.00 bits per heavy atom. The highest BCUT2D eigenvalue weighted by Gasteiger charge is 2.49. The molecule has 1 aliphatic carbocycles. The smallest absolute Gasteiger partial charge is 0.228 e. The maximum absolute atomic E-state index is 12.7. The van der Waals surface area contributed by atoms with Crippen molar-refractivity contribution in [3.8, 4) is 0 Å². The summed E-state index contributed by atoms with van der Waals surface area (Å²) < 4.78 is 0. The van der Waals surface area contributed by atoms with Crippen LogP contribution in [0.15, 0.2) is 24.3 Å². The van der Waals surface area contributed by atoms with Crippen molar-refractivity contribution < 1.29 is 9.59 Å². The van der Waals surface area contributed by atoms with Gasteiger partial charge in [-0.15, -0.1) is 0 Å². The molecule has 3 unspecified atom stereocenters. The van der Waals surface area contributed by atoms with Gasteiger partial charge in [0.25, 0.3) is 0 Å². The second-order valence-corrected chi connectivity index (χ2v) is 8.81. The zero-order valence-electron chi connectivity index (χ0n) is 17.1. The maximum atomic E-state index is 12.7. The summed E-state index contributed by atoms with van der Waals surface area (Å²) in [5, 5.41) is 3.00. The van der Waals surface area contributed by atoms with Gasteiger partial charge in [-0.3, -0.25) is 9.59 Å². The van der Waals surface area contributed by atoms with Crippen LogP contribution in [0.3, 0.4) is 0 Å². The fourth-order valence-corrected chi connectivity index (χ4v) is 4.44. The summed E-state index contributed by atoms with van der Waals surface area (Å²) in [6, 6.07) is 8.09. The number of likely N-dealkylation sites (tertiary alicyclic amines) is 1. The van der Waals surface area contributed by atoms with E-state index in [1.54, 1.807) is 0 Å². The van der Waals surface area contributed by atoms with Gasteiger partial charge < -0.3 is 20.0 Å². The van der Waals surface area contributed by atoms with Crippen molar-refractivity contribution in [2.75, 3.05) is 56.5 Å². The molecule has 4 rings (SSSR count). The van der Waals surface area contributed by atoms with Gasteiger partial charge in [0.1, 0.15) is 0 Å². The van der Waals surface area contributed by atoms with Gasteiger partial charge >= 0.3 is 0 Å². The Hall–Kier alpha value is -2.08. The van der Waals surface area contributed by atoms with Gasteiger partial charge in [0.05, 0.1) is 11.8 Å². The Balaban J connectivity index is 1.28. The predicted octanol–water partition coefficient (Wildman–Crippen LogP) is 2.27. The van der Waals surface area contributed by atoms with E-state index in [4.69, 9.17) is 0 Å². The van der Waals surface area contributed by atoms with E-state index in [1.165, 1.54) is 12.1 Å². The Kier molecular flexibility index (Phi) is 5.58. The topological polar surface area (TPSA) is 55.9 Å². The second-order valence-electron chi connectivity index (χ2n) is 8.81. The number of nitrogens with one attached hydrogen (secondary N) is 1. The highest BCUT2D eigenvalue weighted by Crippen LogP contribution is 2.41. The monoisotopic (exact) mass is 384 g/mol. The van der Waals surface area contributed by atoms with Gasteiger partial charge in [-0.25, -0.2) is 0 Å². The number of benzene rings is 1. The third-order valence-electron chi connectivity index (χ3n) is 6.42. The van der Waals surface area contributed by atoms with Crippen LogP contribution in [0.5, 0.6) is 0 Å². The summed E-state index contributed by atoms with van der Waals surface area (Å²) in [6.45, 7) is 8.10. The first-order valence-electron chi connectivity index (χ1n) is 10.6. The quantitative estimate of drug-likeness (QED) is 0.865. The average molecular weight is 385 g/mol. The van der Waals surface area contributed by atoms with E-state index < -0.39 is 0 Å². The molecule has 1 saturated carbocycles. The number of likely N-dealkylation sites (N-methyl/N-ethyl adjacent to an activating group) is 1. The number of amides is 2. The Labute approximate surface area is 167 Å². The van der Waals surface area contributed by atoms with Crippen LogP contribution in [0.2, 0.25) is 0 Å². The lowest BCUT2D eigenvalue weighted by molar-refractivity contribution is -0.135. The minimum Gasteiger partial charge on any atom is -0.369 e. The molecule has 1 N–H and O–H groups in total. The largest absolute Gasteiger partial charge is 0.369 e. The number of nitrogens with zero attached hydrogens (tertiary/aromatic N) is 3. The molecule has 28 heavy (non-hydrogen) atoms. The molecule has 3 atom stereocenters. The lowest BCUT2D eigenvalue weighted by atomic mass is 10.00. The Bertz CT molecular complexity index is 712. The lowest BCUT2D eigenvalue weighted by Gasteiger charge is -2.34. The first kappa shape index (κ1) is 19.2. The number of hydrogen-bond acceptors (Lipinski definition) is 4. The zero-order valence-corrected chi connectivity index (χ0v) is 17.1. The molecular weight excluding hydrogens is 352 g/mol. The predicted molar refractivity (Wildman–Crippen MR) is 111 cm³/mol. The van der Waals surface area contributed by atoms with E-state index in [1.807, 2.05) is 17.0 Å². The van der Waals surface area contributed by atoms with Crippen LogP contribution in [0.1, 0.15) is 26.2 Å². The van der Waals surface area contributed by atoms with Crippen LogP contribution in [0, 0.1) is 17.8 Å². The van der Waals surface area contributed by atoms with E-state index in [0.717, 1.165) is 51.4 Å². The van der Waals surface area contributed by atoms with Crippen molar-refractivity contribution in [1.29, 1.82) is 0 Å². The summed E-state index contributed by atoms with van der Waals surface area (Å²) >= 11 is 0. The molecule has 6 nitrogen and oxygen atoms in total. The lowest BCUT2D eigenvalue weighted by Crippen LogP contribution is -2.44. The fraction of sp³-hybridized carbons (Fsp3) is 0.636. The van der Waals surface area contributed by atoms with Gasteiger partial charge in [-0.1, -0.05) is 6.92 Å². The van der Waals surface area contributed by atoms with Gasteiger partial charge in [0, 0.05) is 50.6 Å². The van der Waals surface area contributed by atoms with Crippen molar-refractivity contribution in [3.05, 3.63) is 24.3 Å². The Morgan fingerprint density at radius 3 is 2.39 bits per heavy atom. The molecule has 2 heterocycles. The molecule has 1 aromatic rings. The molecule has 0 bridgehead atoms. The number of carbonyl (C=O) groups excluding carboxylic acids is 2. The fourth-order valence-electron chi connectivity index (χ4n) is 4.44. The van der Waals surface area contributed by atoms with E-state index in [0.29, 0.717) is 12.3 Å². The van der Waals surface area contributed by atoms with E-state index in [2.05, 4.69) is 41.2 Å². The second kappa shape index (κ2) is 8.11. The zero-order chi connectivity index (χ0) is 19.7. The normalized spacial score (nSPS) is 28.1. The van der Waals surface area contributed by atoms with Crippen molar-refractivity contribution in [2.45, 2.75) is 26.2 Å². The van der Waals surface area contributed by atoms with Gasteiger partial charge in [-0.2, -0.15) is 0 Å². The van der Waals surface area contributed by atoms with Crippen LogP contribution in [-0.2, 0) is 9.59 Å². The van der Waals surface area contributed by atoms with E-state index >= 15 is 0 Å². The summed E-state index contributed by atoms with van der Waals surface area (Å²) in [6.07, 6.45) is 2.97. The van der Waals surface area contributed by atoms with Crippen LogP contribution in [-0.4, -0.2) is 67.9 Å². The molecule has 152 valence electrons. The maximum Gasteiger partial charge on any atom is 0.228 e. The highest BCUT2D eigenvalue weighted by molar-refractivity contribution is 5.99. The summed E-state index contributed by atoms with van der Waals surface area (Å²) in [5.41, 5.74) is 2.01. The minimum atomic E-state index is -0.165. The molecule has 6 heteroatoms. The van der Waals surface area contributed by atoms with Crippen molar-refractivity contribution in [1.82, 2.24) is 9.80 Å². The number of carbonyl (C=O) groups is 2. The van der Waals surface area contributed by atoms with Gasteiger partial charge in [0.2, 0.25) is 11.8 Å². The molecule has 0 aromatic heterocycles. The standard InChI is InChI=1S/C22H32N4O2/c1-16-4-3-9-26(15-16)22(28)20-14-19(20)21(27)23-17-5-7-18(8-6-17)25-12-10-24(2)11-13-25/h5-8,16,19-20H,3-4,9-15H2,1-2H3,(H,23,27). The summed E-state index contributed by atoms with van der Waals surface area (Å²) in [4.78, 5) is 31.9. The third kappa shape index (κ3) is 4.32. The Morgan fingerprint density at radius 2 is 1.71 bits per heavy atom. The van der Waals surface area contributed by atoms with E-state index in [9.17, 15) is 9.59 Å². The SMILES string of the molecule is CC1CCCN(C(=O)C2CC2C(=O)Nc2ccc(N3CCN(C)CC3)cc2)C1. The number of anilines is 2. The molecular formula is C22H32N4O2. The van der Waals surface area contributed by atoms with Crippen molar-refractivity contribution in [2.24, 2.45) is 17.8 Å². The van der Waals surface area contributed by atoms with Crippen LogP contribution < -0.4 is 10.2 Å². The first-order chi connectivity index (χ1) is 13.5. The van der Waals surface area contributed by atoms with Gasteiger partial charge in [-0.05, 0) is 56.5 Å². The molecule has 2 saturated heterocycles. The number of hydrogen-bond donors (Lipinski definition) is 1. The number of piperazine rings is 1. The van der Waals surface area contributed by atoms with Crippen molar-refractivity contribution >= 4 is 23.2 Å². The van der Waals surface area contributed by atoms with Crippen LogP contribution in [0.25, 0.3) is 0 Å². The van der Waals surface area contributed by atoms with Crippen molar-refractivity contribution in [3.63, 3.8) is 0 Å². The molecule has 3 aliphatic rings. The molecule has 0 spiro atoms. The molecule has 2 aliphatic heterocycles. The third-order valence-corrected chi connectivity index (χ3v) is 6.42. The van der Waals surface area contributed by atoms with Crippen LogP contribution >= 0.6 is 0 Å². The highest BCUT2D eigenvalue weighted by atomic mass is 16.2. The average Bonchev–Trinajstić information content (AvgIpc) is 3.50. The number of rotatable bonds is 4. The molecule has 1 aromatic carbocycles. The summed E-state index contributed by atoms with van der Waals surface area (Å²) in [5.74, 6) is 0.451. The number of piperidine rings is 1. The molecule has 2 amide bonds. The molecule has 0 radical (unpaired) electrons. The summed E-state index contributed by atoms with van der Waals surface area (Å²) in [7, 11) is 2.15. The minimum absolute atomic E-state index is 0.0178. The molecule has 3 fully saturated rings. The van der Waals surface area contributed by atoms with Crippen LogP contribution in [0.4, 0.5) is 11.4 Å². The first-order valence-corrected chi connectivity index (χ1v) is 10.6. The van der Waals surface area contributed by atoms with E-state index in [-0.39, 0.29) is 23.7 Å². The van der Waals surface area contributed by atoms with Gasteiger partial charge in [0.15, 0.2) is 0 Å².